The number of nitrogens with zero attached hydrogens (tertiary/aromatic N) is 2. The number of amides is 1. The van der Waals surface area contributed by atoms with Crippen LogP contribution >= 0.6 is 0 Å². The molecule has 1 aliphatic rings. The van der Waals surface area contributed by atoms with Crippen LogP contribution in [0.2, 0.25) is 0 Å². The molecule has 1 amide bonds. The summed E-state index contributed by atoms with van der Waals surface area (Å²) in [6, 6.07) is 19.5. The first kappa shape index (κ1) is 19.2. The molecule has 0 bridgehead atoms. The Hall–Kier alpha value is -3.18. The molecule has 4 rings (SSSR count). The maximum atomic E-state index is 13.0. The number of rotatable bonds is 7. The second kappa shape index (κ2) is 9.34. The van der Waals surface area contributed by atoms with E-state index in [1.807, 2.05) is 48.5 Å². The van der Waals surface area contributed by atoms with Crippen molar-refractivity contribution in [3.05, 3.63) is 89.7 Å². The molecule has 0 saturated carbocycles. The fourth-order valence-corrected chi connectivity index (χ4v) is 3.55. The summed E-state index contributed by atoms with van der Waals surface area (Å²) < 4.78 is 6.02. The van der Waals surface area contributed by atoms with Gasteiger partial charge < -0.3 is 10.1 Å². The van der Waals surface area contributed by atoms with Crippen molar-refractivity contribution in [2.24, 2.45) is 0 Å². The second-order valence-electron chi connectivity index (χ2n) is 7.28. The van der Waals surface area contributed by atoms with Crippen LogP contribution in [-0.4, -0.2) is 28.9 Å². The maximum absolute atomic E-state index is 13.0. The zero-order valence-electron chi connectivity index (χ0n) is 16.4. The third kappa shape index (κ3) is 5.21. The average molecular weight is 387 g/mol. The van der Waals surface area contributed by atoms with E-state index in [4.69, 9.17) is 4.74 Å². The van der Waals surface area contributed by atoms with Crippen molar-refractivity contribution in [1.82, 2.24) is 9.88 Å². The SMILES string of the molecule is O=C(Nc1cccnc1)c1cc(CN2CCCC2)ccc1OCc1ccccc1. The van der Waals surface area contributed by atoms with Crippen LogP contribution in [0, 0.1) is 0 Å². The molecule has 0 radical (unpaired) electrons. The third-order valence-corrected chi connectivity index (χ3v) is 5.05. The molecule has 1 fully saturated rings. The van der Waals surface area contributed by atoms with Crippen molar-refractivity contribution in [3.8, 4) is 5.75 Å². The zero-order chi connectivity index (χ0) is 19.9. The number of hydrogen-bond acceptors (Lipinski definition) is 4. The van der Waals surface area contributed by atoms with Gasteiger partial charge >= 0.3 is 0 Å². The van der Waals surface area contributed by atoms with E-state index in [1.165, 1.54) is 12.8 Å². The minimum absolute atomic E-state index is 0.190. The number of likely N-dealkylation sites (tertiary alicyclic amines) is 1. The Kier molecular flexibility index (Phi) is 6.17. The first-order chi connectivity index (χ1) is 14.3. The first-order valence-electron chi connectivity index (χ1n) is 10.0. The van der Waals surface area contributed by atoms with Crippen LogP contribution in [0.25, 0.3) is 0 Å². The summed E-state index contributed by atoms with van der Waals surface area (Å²) in [7, 11) is 0. The molecule has 5 nitrogen and oxygen atoms in total. The molecule has 29 heavy (non-hydrogen) atoms. The summed E-state index contributed by atoms with van der Waals surface area (Å²) in [5, 5.41) is 2.92. The van der Waals surface area contributed by atoms with Gasteiger partial charge in [-0.3, -0.25) is 14.7 Å². The molecule has 1 aliphatic heterocycles. The monoisotopic (exact) mass is 387 g/mol. The number of nitrogens with one attached hydrogen (secondary N) is 1. The number of carbonyl (C=O) groups excluding carboxylic acids is 1. The second-order valence-corrected chi connectivity index (χ2v) is 7.28. The summed E-state index contributed by atoms with van der Waals surface area (Å²) in [5.41, 5.74) is 3.39. The van der Waals surface area contributed by atoms with Gasteiger partial charge in [0, 0.05) is 12.7 Å². The summed E-state index contributed by atoms with van der Waals surface area (Å²) in [5.74, 6) is 0.393. The van der Waals surface area contributed by atoms with Crippen molar-refractivity contribution in [2.45, 2.75) is 26.0 Å². The fraction of sp³-hybridized carbons (Fsp3) is 0.250. The highest BCUT2D eigenvalue weighted by molar-refractivity contribution is 6.06. The van der Waals surface area contributed by atoms with Crippen molar-refractivity contribution >= 4 is 11.6 Å². The number of benzene rings is 2. The van der Waals surface area contributed by atoms with E-state index in [-0.39, 0.29) is 5.91 Å². The molecule has 1 N–H and O–H groups in total. The lowest BCUT2D eigenvalue weighted by Gasteiger charge is -2.17. The van der Waals surface area contributed by atoms with Gasteiger partial charge in [0.05, 0.1) is 17.4 Å². The smallest absolute Gasteiger partial charge is 0.259 e. The van der Waals surface area contributed by atoms with Crippen molar-refractivity contribution in [3.63, 3.8) is 0 Å². The first-order valence-corrected chi connectivity index (χ1v) is 10.0. The van der Waals surface area contributed by atoms with Crippen LogP contribution in [0.15, 0.2) is 73.1 Å². The van der Waals surface area contributed by atoms with E-state index in [1.54, 1.807) is 18.5 Å². The predicted molar refractivity (Wildman–Crippen MR) is 114 cm³/mol. The third-order valence-electron chi connectivity index (χ3n) is 5.05. The Balaban J connectivity index is 1.55. The highest BCUT2D eigenvalue weighted by atomic mass is 16.5. The van der Waals surface area contributed by atoms with Gasteiger partial charge in [0.2, 0.25) is 0 Å². The van der Waals surface area contributed by atoms with Gasteiger partial charge in [-0.15, -0.1) is 0 Å². The molecular formula is C24H25N3O2. The van der Waals surface area contributed by atoms with Gasteiger partial charge in [-0.25, -0.2) is 0 Å². The Morgan fingerprint density at radius 2 is 1.83 bits per heavy atom. The Bertz CT molecular complexity index is 939. The van der Waals surface area contributed by atoms with E-state index >= 15 is 0 Å². The fourth-order valence-electron chi connectivity index (χ4n) is 3.55. The molecule has 0 spiro atoms. The van der Waals surface area contributed by atoms with Crippen LogP contribution in [0.4, 0.5) is 5.69 Å². The van der Waals surface area contributed by atoms with Gasteiger partial charge in [0.15, 0.2) is 0 Å². The molecule has 148 valence electrons. The Morgan fingerprint density at radius 3 is 2.59 bits per heavy atom. The zero-order valence-corrected chi connectivity index (χ0v) is 16.4. The number of aromatic nitrogens is 1. The topological polar surface area (TPSA) is 54.5 Å². The normalized spacial score (nSPS) is 13.9. The van der Waals surface area contributed by atoms with Crippen molar-refractivity contribution < 1.29 is 9.53 Å². The molecular weight excluding hydrogens is 362 g/mol. The number of hydrogen-bond donors (Lipinski definition) is 1. The van der Waals surface area contributed by atoms with E-state index < -0.39 is 0 Å². The van der Waals surface area contributed by atoms with Gasteiger partial charge in [-0.1, -0.05) is 36.4 Å². The van der Waals surface area contributed by atoms with Gasteiger partial charge in [-0.05, 0) is 61.3 Å². The molecule has 0 unspecified atom stereocenters. The quantitative estimate of drug-likeness (QED) is 0.648. The lowest BCUT2D eigenvalue weighted by atomic mass is 10.1. The van der Waals surface area contributed by atoms with E-state index in [9.17, 15) is 4.79 Å². The van der Waals surface area contributed by atoms with Crippen LogP contribution in [0.5, 0.6) is 5.75 Å². The number of ether oxygens (including phenoxy) is 1. The summed E-state index contributed by atoms with van der Waals surface area (Å²) in [6.07, 6.45) is 5.80. The van der Waals surface area contributed by atoms with Gasteiger partial charge in [0.25, 0.3) is 5.91 Å². The van der Waals surface area contributed by atoms with Gasteiger partial charge in [-0.2, -0.15) is 0 Å². The molecule has 0 aliphatic carbocycles. The standard InChI is InChI=1S/C24H25N3O2/c28-24(26-21-9-6-12-25-16-21)22-15-20(17-27-13-4-5-14-27)10-11-23(22)29-18-19-7-2-1-3-8-19/h1-3,6-12,15-16H,4-5,13-14,17-18H2,(H,26,28). The number of pyridine rings is 1. The minimum Gasteiger partial charge on any atom is -0.488 e. The highest BCUT2D eigenvalue weighted by Gasteiger charge is 2.17. The van der Waals surface area contributed by atoms with E-state index in [2.05, 4.69) is 21.3 Å². The molecule has 3 aromatic rings. The highest BCUT2D eigenvalue weighted by Crippen LogP contribution is 2.24. The molecule has 2 heterocycles. The van der Waals surface area contributed by atoms with Crippen LogP contribution in [0.1, 0.15) is 34.3 Å². The molecule has 0 atom stereocenters. The minimum atomic E-state index is -0.190. The molecule has 1 saturated heterocycles. The Morgan fingerprint density at radius 1 is 1.00 bits per heavy atom. The van der Waals surface area contributed by atoms with Crippen molar-refractivity contribution in [1.29, 1.82) is 0 Å². The molecule has 2 aromatic carbocycles. The lowest BCUT2D eigenvalue weighted by Crippen LogP contribution is -2.19. The van der Waals surface area contributed by atoms with E-state index in [0.29, 0.717) is 23.6 Å². The van der Waals surface area contributed by atoms with Crippen LogP contribution < -0.4 is 10.1 Å². The average Bonchev–Trinajstić information content (AvgIpc) is 3.27. The number of carbonyl (C=O) groups is 1. The van der Waals surface area contributed by atoms with Crippen LogP contribution in [0.3, 0.4) is 0 Å². The largest absolute Gasteiger partial charge is 0.488 e. The molecule has 1 aromatic heterocycles. The summed E-state index contributed by atoms with van der Waals surface area (Å²) in [6.45, 7) is 3.50. The summed E-state index contributed by atoms with van der Waals surface area (Å²) in [4.78, 5) is 19.5. The predicted octanol–water partition coefficient (Wildman–Crippen LogP) is 4.51. The van der Waals surface area contributed by atoms with E-state index in [0.717, 1.165) is 30.8 Å². The Labute approximate surface area is 171 Å². The van der Waals surface area contributed by atoms with Crippen molar-refractivity contribution in [2.75, 3.05) is 18.4 Å². The lowest BCUT2D eigenvalue weighted by molar-refractivity contribution is 0.102. The molecule has 5 heteroatoms. The van der Waals surface area contributed by atoms with Gasteiger partial charge in [0.1, 0.15) is 12.4 Å². The summed E-state index contributed by atoms with van der Waals surface area (Å²) >= 11 is 0. The number of anilines is 1. The van der Waals surface area contributed by atoms with Crippen LogP contribution in [-0.2, 0) is 13.2 Å². The maximum Gasteiger partial charge on any atom is 0.259 e.